The highest BCUT2D eigenvalue weighted by Crippen LogP contribution is 2.27. The second kappa shape index (κ2) is 7.37. The molecule has 3 N–H and O–H groups in total. The Bertz CT molecular complexity index is 1180. The van der Waals surface area contributed by atoms with Crippen LogP contribution in [0, 0.1) is 10.1 Å². The number of benzene rings is 1. The van der Waals surface area contributed by atoms with Crippen molar-refractivity contribution in [3.05, 3.63) is 73.0 Å². The van der Waals surface area contributed by atoms with E-state index < -0.39 is 28.0 Å². The van der Waals surface area contributed by atoms with Crippen LogP contribution in [-0.4, -0.2) is 31.1 Å². The first-order chi connectivity index (χ1) is 13.3. The molecule has 0 aliphatic heterocycles. The quantitative estimate of drug-likeness (QED) is 0.432. The molecule has 0 atom stereocenters. The molecule has 0 aliphatic carbocycles. The molecule has 3 aromatic rings. The lowest BCUT2D eigenvalue weighted by molar-refractivity contribution is -0.387. The van der Waals surface area contributed by atoms with Gasteiger partial charge in [-0.05, 0) is 42.5 Å². The van der Waals surface area contributed by atoms with E-state index in [0.29, 0.717) is 17.1 Å². The van der Waals surface area contributed by atoms with Gasteiger partial charge in [0.05, 0.1) is 15.5 Å². The molecule has 142 valence electrons. The Labute approximate surface area is 160 Å². The van der Waals surface area contributed by atoms with Gasteiger partial charge in [0.25, 0.3) is 5.88 Å². The van der Waals surface area contributed by atoms with Crippen LogP contribution in [0.4, 0.5) is 5.69 Å². The van der Waals surface area contributed by atoms with Gasteiger partial charge in [-0.2, -0.15) is 4.98 Å². The maximum absolute atomic E-state index is 11.6. The maximum atomic E-state index is 11.6. The number of aromatic nitrogens is 2. The number of carboxylic acids is 1. The molecule has 0 spiro atoms. The molecule has 0 amide bonds. The second-order valence-electron chi connectivity index (χ2n) is 5.42. The van der Waals surface area contributed by atoms with E-state index in [9.17, 15) is 24.8 Å². The van der Waals surface area contributed by atoms with E-state index in [1.807, 2.05) is 0 Å². The number of hydrogen-bond donors (Lipinski definition) is 3. The van der Waals surface area contributed by atoms with Crippen LogP contribution in [0.3, 0.4) is 0 Å². The number of nitro groups is 1. The molecule has 0 saturated carbocycles. The zero-order chi connectivity index (χ0) is 20.4. The monoisotopic (exact) mass is 403 g/mol. The number of halogens is 1. The lowest BCUT2D eigenvalue weighted by atomic mass is 10.1. The molecule has 0 saturated heterocycles. The van der Waals surface area contributed by atoms with Gasteiger partial charge in [-0.3, -0.25) is 14.9 Å². The van der Waals surface area contributed by atoms with Crippen molar-refractivity contribution < 1.29 is 24.3 Å². The summed E-state index contributed by atoms with van der Waals surface area (Å²) in [5.74, 6) is -1.61. The molecular formula is C17H10ClN3O7. The van der Waals surface area contributed by atoms with Gasteiger partial charge in [-0.15, -0.1) is 0 Å². The van der Waals surface area contributed by atoms with Crippen molar-refractivity contribution in [3.8, 4) is 17.2 Å². The van der Waals surface area contributed by atoms with Crippen LogP contribution in [0.15, 0.2) is 39.5 Å². The number of carboxylic acid groups (broad SMARTS) is 1. The van der Waals surface area contributed by atoms with Gasteiger partial charge in [0.2, 0.25) is 0 Å². The average Bonchev–Trinajstić information content (AvgIpc) is 3.08. The molecule has 2 heterocycles. The van der Waals surface area contributed by atoms with Crippen molar-refractivity contribution >= 4 is 35.4 Å². The molecule has 3 rings (SSSR count). The third kappa shape index (κ3) is 3.76. The molecule has 0 aliphatic rings. The Morgan fingerprint density at radius 2 is 2.04 bits per heavy atom. The first kappa shape index (κ1) is 18.9. The van der Waals surface area contributed by atoms with Gasteiger partial charge in [0.15, 0.2) is 0 Å². The Kier molecular flexibility index (Phi) is 4.96. The smallest absolute Gasteiger partial charge is 0.395 e. The molecule has 1 aromatic carbocycles. The van der Waals surface area contributed by atoms with Crippen LogP contribution < -0.4 is 5.56 Å². The Hall–Kier alpha value is -3.92. The van der Waals surface area contributed by atoms with Crippen LogP contribution in [0.2, 0.25) is 5.02 Å². The molecule has 0 bridgehead atoms. The highest BCUT2D eigenvalue weighted by Gasteiger charge is 2.21. The van der Waals surface area contributed by atoms with E-state index in [1.165, 1.54) is 24.3 Å². The summed E-state index contributed by atoms with van der Waals surface area (Å²) >= 11 is 5.84. The molecule has 10 nitrogen and oxygen atoms in total. The van der Waals surface area contributed by atoms with Crippen molar-refractivity contribution in [2.45, 2.75) is 0 Å². The summed E-state index contributed by atoms with van der Waals surface area (Å²) in [6, 6.07) is 7.56. The molecule has 0 fully saturated rings. The minimum absolute atomic E-state index is 0.0733. The standard InChI is InChI=1S/C17H10ClN3O7/c18-11-4-1-8(7-10(11)17(24)25)12-5-2-9(28-12)3-6-13-19-15(22)14(21(26)27)16(23)20-13/h1-7H,(H,24,25)(H2,19,20,22,23)/b6-3-. The minimum Gasteiger partial charge on any atom is -0.488 e. The predicted molar refractivity (Wildman–Crippen MR) is 98.2 cm³/mol. The number of hydrogen-bond acceptors (Lipinski definition) is 7. The normalized spacial score (nSPS) is 11.0. The first-order valence-electron chi connectivity index (χ1n) is 7.55. The number of aromatic carboxylic acids is 1. The van der Waals surface area contributed by atoms with Gasteiger partial charge < -0.3 is 19.6 Å². The third-order valence-corrected chi connectivity index (χ3v) is 3.92. The van der Waals surface area contributed by atoms with Crippen LogP contribution in [0.25, 0.3) is 23.5 Å². The van der Waals surface area contributed by atoms with Crippen LogP contribution >= 0.6 is 11.6 Å². The van der Waals surface area contributed by atoms with Gasteiger partial charge in [0, 0.05) is 5.56 Å². The van der Waals surface area contributed by atoms with Gasteiger partial charge in [-0.25, -0.2) is 4.79 Å². The zero-order valence-electron chi connectivity index (χ0n) is 13.7. The van der Waals surface area contributed by atoms with Gasteiger partial charge in [-0.1, -0.05) is 11.6 Å². The fourth-order valence-electron chi connectivity index (χ4n) is 2.32. The molecule has 0 unspecified atom stereocenters. The van der Waals surface area contributed by atoms with Crippen molar-refractivity contribution in [2.24, 2.45) is 0 Å². The number of H-pyrrole nitrogens is 1. The maximum Gasteiger partial charge on any atom is 0.395 e. The predicted octanol–water partition coefficient (Wildman–Crippen LogP) is 3.17. The second-order valence-corrected chi connectivity index (χ2v) is 5.82. The highest BCUT2D eigenvalue weighted by atomic mass is 35.5. The Balaban J connectivity index is 1.88. The Morgan fingerprint density at radius 3 is 2.68 bits per heavy atom. The number of aromatic amines is 1. The third-order valence-electron chi connectivity index (χ3n) is 3.59. The van der Waals surface area contributed by atoms with E-state index in [4.69, 9.17) is 21.1 Å². The summed E-state index contributed by atoms with van der Waals surface area (Å²) < 4.78 is 5.58. The summed E-state index contributed by atoms with van der Waals surface area (Å²) in [6.07, 6.45) is 2.68. The SMILES string of the molecule is O=C(O)c1cc(-c2ccc(/C=C\c3nc(O)c([N+](=O)[O-])c(=O)[nH]3)o2)ccc1Cl. The zero-order valence-corrected chi connectivity index (χ0v) is 14.5. The summed E-state index contributed by atoms with van der Waals surface area (Å²) in [5.41, 5.74) is -1.73. The molecular weight excluding hydrogens is 394 g/mol. The van der Waals surface area contributed by atoms with Crippen LogP contribution in [0.5, 0.6) is 5.88 Å². The lowest BCUT2D eigenvalue weighted by Crippen LogP contribution is -2.14. The van der Waals surface area contributed by atoms with Crippen LogP contribution in [-0.2, 0) is 0 Å². The molecule has 28 heavy (non-hydrogen) atoms. The summed E-state index contributed by atoms with van der Waals surface area (Å²) in [4.78, 5) is 38.1. The number of nitrogens with one attached hydrogen (secondary N) is 1. The molecule has 0 radical (unpaired) electrons. The Morgan fingerprint density at radius 1 is 1.29 bits per heavy atom. The van der Waals surface area contributed by atoms with E-state index in [1.54, 1.807) is 18.2 Å². The van der Waals surface area contributed by atoms with Crippen molar-refractivity contribution in [3.63, 3.8) is 0 Å². The molecule has 11 heteroatoms. The number of nitrogens with zero attached hydrogens (tertiary/aromatic N) is 2. The number of rotatable bonds is 5. The summed E-state index contributed by atoms with van der Waals surface area (Å²) in [7, 11) is 0. The first-order valence-corrected chi connectivity index (χ1v) is 7.93. The number of furan rings is 1. The van der Waals surface area contributed by atoms with E-state index >= 15 is 0 Å². The summed E-state index contributed by atoms with van der Waals surface area (Å²) in [5, 5.41) is 29.4. The lowest BCUT2D eigenvalue weighted by Gasteiger charge is -2.02. The highest BCUT2D eigenvalue weighted by molar-refractivity contribution is 6.33. The van der Waals surface area contributed by atoms with Crippen molar-refractivity contribution in [2.75, 3.05) is 0 Å². The minimum atomic E-state index is -1.17. The number of carbonyl (C=O) groups is 1. The largest absolute Gasteiger partial charge is 0.488 e. The average molecular weight is 404 g/mol. The van der Waals surface area contributed by atoms with Crippen LogP contribution in [0.1, 0.15) is 21.9 Å². The van der Waals surface area contributed by atoms with E-state index in [-0.39, 0.29) is 16.4 Å². The fraction of sp³-hybridized carbons (Fsp3) is 0. The van der Waals surface area contributed by atoms with E-state index in [0.717, 1.165) is 0 Å². The van der Waals surface area contributed by atoms with Gasteiger partial charge in [0.1, 0.15) is 17.3 Å². The van der Waals surface area contributed by atoms with E-state index in [2.05, 4.69) is 9.97 Å². The van der Waals surface area contributed by atoms with Gasteiger partial charge >= 0.3 is 17.2 Å². The van der Waals surface area contributed by atoms with Crippen molar-refractivity contribution in [1.82, 2.24) is 9.97 Å². The fourth-order valence-corrected chi connectivity index (χ4v) is 2.51. The van der Waals surface area contributed by atoms with Crippen molar-refractivity contribution in [1.29, 1.82) is 0 Å². The number of aromatic hydroxyl groups is 1. The topological polar surface area (TPSA) is 160 Å². The molecule has 2 aromatic heterocycles. The summed E-state index contributed by atoms with van der Waals surface area (Å²) in [6.45, 7) is 0.